The maximum Gasteiger partial charge on any atom is 0.220 e. The van der Waals surface area contributed by atoms with Gasteiger partial charge in [-0.05, 0) is 51.6 Å². The van der Waals surface area contributed by atoms with E-state index in [0.717, 1.165) is 55.5 Å². The molecule has 1 atom stereocenters. The number of hydrogen-bond donors (Lipinski definition) is 2. The van der Waals surface area contributed by atoms with E-state index < -0.39 is 0 Å². The molecule has 2 N–H and O–H groups in total. The molecule has 1 amide bonds. The fourth-order valence-corrected chi connectivity index (χ4v) is 3.07. The van der Waals surface area contributed by atoms with Gasteiger partial charge in [-0.3, -0.25) is 4.79 Å². The first-order valence-electron chi connectivity index (χ1n) is 7.12. The van der Waals surface area contributed by atoms with Crippen molar-refractivity contribution in [3.8, 4) is 0 Å². The van der Waals surface area contributed by atoms with E-state index >= 15 is 0 Å². The fourth-order valence-electron chi connectivity index (χ4n) is 2.42. The topological polar surface area (TPSA) is 54.0 Å². The van der Waals surface area contributed by atoms with E-state index in [1.54, 1.807) is 11.3 Å². The number of carbonyl (C=O) groups is 1. The highest BCUT2D eigenvalue weighted by atomic mass is 35.5. The molecule has 0 aromatic carbocycles. The van der Waals surface area contributed by atoms with Crippen molar-refractivity contribution in [2.45, 2.75) is 39.0 Å². The van der Waals surface area contributed by atoms with Crippen LogP contribution in [0.15, 0.2) is 5.38 Å². The lowest BCUT2D eigenvalue weighted by Gasteiger charge is -2.09. The molecular formula is C14H25Cl2N3OS. The SMILES string of the molecule is Cc1nc(CCCC(=O)NCCC2CCNC2)cs1.Cl.Cl. The minimum Gasteiger partial charge on any atom is -0.356 e. The molecule has 1 aromatic heterocycles. The molecule has 4 nitrogen and oxygen atoms in total. The minimum atomic E-state index is 0. The van der Waals surface area contributed by atoms with Crippen molar-refractivity contribution in [3.05, 3.63) is 16.1 Å². The van der Waals surface area contributed by atoms with Crippen LogP contribution in [0.3, 0.4) is 0 Å². The highest BCUT2D eigenvalue weighted by Gasteiger charge is 2.13. The molecule has 0 spiro atoms. The van der Waals surface area contributed by atoms with Crippen LogP contribution in [0.25, 0.3) is 0 Å². The number of halogens is 2. The predicted octanol–water partition coefficient (Wildman–Crippen LogP) is 2.73. The summed E-state index contributed by atoms with van der Waals surface area (Å²) in [6.07, 6.45) is 4.76. The van der Waals surface area contributed by atoms with Gasteiger partial charge in [0, 0.05) is 18.3 Å². The third kappa shape index (κ3) is 8.00. The second-order valence-corrected chi connectivity index (χ2v) is 6.27. The van der Waals surface area contributed by atoms with Crippen LogP contribution in [0.5, 0.6) is 0 Å². The number of aromatic nitrogens is 1. The third-order valence-electron chi connectivity index (χ3n) is 3.54. The van der Waals surface area contributed by atoms with Crippen molar-refractivity contribution in [1.82, 2.24) is 15.6 Å². The Kier molecular flexibility index (Phi) is 11.0. The van der Waals surface area contributed by atoms with E-state index in [-0.39, 0.29) is 30.7 Å². The molecule has 0 aliphatic carbocycles. The van der Waals surface area contributed by atoms with Gasteiger partial charge in [0.15, 0.2) is 0 Å². The van der Waals surface area contributed by atoms with Gasteiger partial charge in [0.25, 0.3) is 0 Å². The van der Waals surface area contributed by atoms with Gasteiger partial charge in [0.05, 0.1) is 10.7 Å². The maximum atomic E-state index is 11.7. The van der Waals surface area contributed by atoms with Gasteiger partial charge in [0.2, 0.25) is 5.91 Å². The van der Waals surface area contributed by atoms with E-state index in [1.807, 2.05) is 6.92 Å². The standard InChI is InChI=1S/C14H23N3OS.2ClH/c1-11-17-13(10-19-11)3-2-4-14(18)16-8-6-12-5-7-15-9-12;;/h10,12,15H,2-9H2,1H3,(H,16,18);2*1H. The largest absolute Gasteiger partial charge is 0.356 e. The lowest BCUT2D eigenvalue weighted by molar-refractivity contribution is -0.121. The van der Waals surface area contributed by atoms with Gasteiger partial charge in [-0.1, -0.05) is 0 Å². The summed E-state index contributed by atoms with van der Waals surface area (Å²) in [5.74, 6) is 0.927. The number of carbonyl (C=O) groups excluding carboxylic acids is 1. The Morgan fingerprint density at radius 3 is 2.95 bits per heavy atom. The summed E-state index contributed by atoms with van der Waals surface area (Å²) in [6, 6.07) is 0. The molecule has 1 aromatic rings. The van der Waals surface area contributed by atoms with Gasteiger partial charge in [-0.25, -0.2) is 4.98 Å². The average molecular weight is 354 g/mol. The summed E-state index contributed by atoms with van der Waals surface area (Å²) in [4.78, 5) is 16.1. The van der Waals surface area contributed by atoms with Crippen molar-refractivity contribution in [2.24, 2.45) is 5.92 Å². The van der Waals surface area contributed by atoms with Crippen LogP contribution in [0.4, 0.5) is 0 Å². The Morgan fingerprint density at radius 1 is 1.52 bits per heavy atom. The summed E-state index contributed by atoms with van der Waals surface area (Å²) in [5, 5.41) is 9.55. The third-order valence-corrected chi connectivity index (χ3v) is 4.36. The van der Waals surface area contributed by atoms with Crippen molar-refractivity contribution in [2.75, 3.05) is 19.6 Å². The molecule has 1 aliphatic heterocycles. The molecule has 1 unspecified atom stereocenters. The molecule has 1 fully saturated rings. The van der Waals surface area contributed by atoms with Crippen LogP contribution in [0.2, 0.25) is 0 Å². The number of thiazole rings is 1. The van der Waals surface area contributed by atoms with Crippen LogP contribution in [-0.2, 0) is 11.2 Å². The zero-order valence-electron chi connectivity index (χ0n) is 12.4. The lowest BCUT2D eigenvalue weighted by atomic mass is 10.1. The number of nitrogens with one attached hydrogen (secondary N) is 2. The number of nitrogens with zero attached hydrogens (tertiary/aromatic N) is 1. The zero-order valence-corrected chi connectivity index (χ0v) is 14.8. The Bertz CT molecular complexity index is 409. The molecule has 7 heteroatoms. The molecule has 0 radical (unpaired) electrons. The second-order valence-electron chi connectivity index (χ2n) is 5.21. The highest BCUT2D eigenvalue weighted by Crippen LogP contribution is 2.12. The first-order chi connectivity index (χ1) is 9.24. The minimum absolute atomic E-state index is 0. The predicted molar refractivity (Wildman–Crippen MR) is 92.9 cm³/mol. The Balaban J connectivity index is 0.00000200. The molecule has 1 saturated heterocycles. The summed E-state index contributed by atoms with van der Waals surface area (Å²) in [6.45, 7) is 5.07. The molecule has 2 heterocycles. The van der Waals surface area contributed by atoms with Crippen molar-refractivity contribution in [1.29, 1.82) is 0 Å². The Hall–Kier alpha value is -0.360. The molecule has 2 rings (SSSR count). The van der Waals surface area contributed by atoms with Crippen molar-refractivity contribution >= 4 is 42.1 Å². The zero-order chi connectivity index (χ0) is 13.5. The first kappa shape index (κ1) is 20.6. The van der Waals surface area contributed by atoms with Gasteiger partial charge in [0.1, 0.15) is 0 Å². The molecular weight excluding hydrogens is 329 g/mol. The first-order valence-corrected chi connectivity index (χ1v) is 8.00. The summed E-state index contributed by atoms with van der Waals surface area (Å²) < 4.78 is 0. The van der Waals surface area contributed by atoms with Gasteiger partial charge in [-0.15, -0.1) is 36.2 Å². The van der Waals surface area contributed by atoms with E-state index in [4.69, 9.17) is 0 Å². The second kappa shape index (κ2) is 11.2. The Labute approximate surface area is 143 Å². The number of aryl methyl sites for hydroxylation is 2. The summed E-state index contributed by atoms with van der Waals surface area (Å²) >= 11 is 1.67. The van der Waals surface area contributed by atoms with Crippen LogP contribution in [0.1, 0.15) is 36.4 Å². The summed E-state index contributed by atoms with van der Waals surface area (Å²) in [5.41, 5.74) is 1.12. The fraction of sp³-hybridized carbons (Fsp3) is 0.714. The monoisotopic (exact) mass is 353 g/mol. The molecule has 122 valence electrons. The van der Waals surface area contributed by atoms with Crippen molar-refractivity contribution in [3.63, 3.8) is 0 Å². The van der Waals surface area contributed by atoms with Crippen molar-refractivity contribution < 1.29 is 4.79 Å². The van der Waals surface area contributed by atoms with E-state index in [0.29, 0.717) is 6.42 Å². The molecule has 0 saturated carbocycles. The normalized spacial score (nSPS) is 16.9. The van der Waals surface area contributed by atoms with Crippen LogP contribution < -0.4 is 10.6 Å². The van der Waals surface area contributed by atoms with Crippen LogP contribution in [-0.4, -0.2) is 30.5 Å². The van der Waals surface area contributed by atoms with Gasteiger partial charge in [-0.2, -0.15) is 0 Å². The van der Waals surface area contributed by atoms with Gasteiger partial charge >= 0.3 is 0 Å². The number of hydrogen-bond acceptors (Lipinski definition) is 4. The van der Waals surface area contributed by atoms with Crippen LogP contribution in [0, 0.1) is 12.8 Å². The van der Waals surface area contributed by atoms with E-state index in [9.17, 15) is 4.79 Å². The Morgan fingerprint density at radius 2 is 2.33 bits per heavy atom. The number of amides is 1. The quantitative estimate of drug-likeness (QED) is 0.792. The number of rotatable bonds is 7. The summed E-state index contributed by atoms with van der Waals surface area (Å²) in [7, 11) is 0. The molecule has 0 bridgehead atoms. The van der Waals surface area contributed by atoms with E-state index in [2.05, 4.69) is 21.0 Å². The average Bonchev–Trinajstić information content (AvgIpc) is 3.01. The lowest BCUT2D eigenvalue weighted by Crippen LogP contribution is -2.26. The van der Waals surface area contributed by atoms with Crippen LogP contribution >= 0.6 is 36.2 Å². The van der Waals surface area contributed by atoms with E-state index in [1.165, 1.54) is 6.42 Å². The molecule has 1 aliphatic rings. The maximum absolute atomic E-state index is 11.7. The van der Waals surface area contributed by atoms with Gasteiger partial charge < -0.3 is 10.6 Å². The smallest absolute Gasteiger partial charge is 0.220 e. The highest BCUT2D eigenvalue weighted by molar-refractivity contribution is 7.09. The molecule has 21 heavy (non-hydrogen) atoms.